The maximum Gasteiger partial charge on any atom is 0.319 e. The molecule has 0 aliphatic heterocycles. The highest BCUT2D eigenvalue weighted by Gasteiger charge is 2.44. The molecule has 2 aromatic rings. The minimum Gasteiger partial charge on any atom is -0.337 e. The Hall–Kier alpha value is -2.33. The third-order valence-electron chi connectivity index (χ3n) is 4.45. The van der Waals surface area contributed by atoms with Gasteiger partial charge in [0, 0.05) is 28.2 Å². The number of anilines is 1. The fourth-order valence-electron chi connectivity index (χ4n) is 2.73. The molecule has 1 aliphatic carbocycles. The number of benzene rings is 2. The highest BCUT2D eigenvalue weighted by Crippen LogP contribution is 2.47. The zero-order valence-electron chi connectivity index (χ0n) is 13.4. The third kappa shape index (κ3) is 3.77. The van der Waals surface area contributed by atoms with Crippen molar-refractivity contribution in [2.75, 3.05) is 11.9 Å². The van der Waals surface area contributed by atoms with Crippen LogP contribution in [0.2, 0.25) is 5.02 Å². The number of ketones is 1. The molecule has 0 spiro atoms. The molecule has 2 aromatic carbocycles. The molecule has 124 valence electrons. The number of hydrogen-bond acceptors (Lipinski definition) is 2. The number of Topliss-reactive ketones (excluding diaryl/α,β-unsaturated/α-hetero) is 1. The van der Waals surface area contributed by atoms with Crippen LogP contribution in [-0.2, 0) is 5.41 Å². The SMILES string of the molecule is CC(=O)c1ccc(NC(=O)NCC2(c3ccc(Cl)cc3)CC2)cc1. The minimum atomic E-state index is -0.245. The van der Waals surface area contributed by atoms with Crippen molar-refractivity contribution in [1.82, 2.24) is 5.32 Å². The molecule has 3 rings (SSSR count). The summed E-state index contributed by atoms with van der Waals surface area (Å²) in [5.74, 6) is 0.00430. The maximum absolute atomic E-state index is 12.1. The normalized spacial score (nSPS) is 14.8. The lowest BCUT2D eigenvalue weighted by Crippen LogP contribution is -2.35. The van der Waals surface area contributed by atoms with Crippen LogP contribution in [0, 0.1) is 0 Å². The van der Waals surface area contributed by atoms with Crippen LogP contribution in [0.5, 0.6) is 0 Å². The quantitative estimate of drug-likeness (QED) is 0.791. The average molecular weight is 343 g/mol. The van der Waals surface area contributed by atoms with E-state index in [1.54, 1.807) is 24.3 Å². The van der Waals surface area contributed by atoms with Crippen molar-refractivity contribution in [2.24, 2.45) is 0 Å². The highest BCUT2D eigenvalue weighted by atomic mass is 35.5. The second-order valence-corrected chi connectivity index (χ2v) is 6.66. The molecule has 0 bridgehead atoms. The fraction of sp³-hybridized carbons (Fsp3) is 0.263. The summed E-state index contributed by atoms with van der Waals surface area (Å²) in [7, 11) is 0. The molecule has 1 fully saturated rings. The number of nitrogens with one attached hydrogen (secondary N) is 2. The van der Waals surface area contributed by atoms with E-state index in [4.69, 9.17) is 11.6 Å². The van der Waals surface area contributed by atoms with Gasteiger partial charge in [-0.2, -0.15) is 0 Å². The van der Waals surface area contributed by atoms with Crippen LogP contribution in [0.4, 0.5) is 10.5 Å². The molecule has 1 aliphatic rings. The molecule has 0 saturated heterocycles. The molecule has 0 atom stereocenters. The van der Waals surface area contributed by atoms with Gasteiger partial charge in [-0.3, -0.25) is 4.79 Å². The Balaban J connectivity index is 1.55. The Morgan fingerprint density at radius 1 is 1.04 bits per heavy atom. The summed E-state index contributed by atoms with van der Waals surface area (Å²) >= 11 is 5.93. The van der Waals surface area contributed by atoms with Gasteiger partial charge in [-0.25, -0.2) is 4.79 Å². The molecule has 2 N–H and O–H groups in total. The first-order valence-electron chi connectivity index (χ1n) is 7.90. The Morgan fingerprint density at radius 3 is 2.21 bits per heavy atom. The van der Waals surface area contributed by atoms with Crippen molar-refractivity contribution in [3.63, 3.8) is 0 Å². The monoisotopic (exact) mass is 342 g/mol. The van der Waals surface area contributed by atoms with E-state index in [-0.39, 0.29) is 17.2 Å². The standard InChI is InChI=1S/C19H19ClN2O2/c1-13(23)14-2-8-17(9-3-14)22-18(24)21-12-19(10-11-19)15-4-6-16(20)7-5-15/h2-9H,10-12H2,1H3,(H2,21,22,24). The first-order chi connectivity index (χ1) is 11.5. The van der Waals surface area contributed by atoms with Crippen molar-refractivity contribution in [1.29, 1.82) is 0 Å². The average Bonchev–Trinajstić information content (AvgIpc) is 3.35. The van der Waals surface area contributed by atoms with Gasteiger partial charge in [-0.1, -0.05) is 23.7 Å². The van der Waals surface area contributed by atoms with Crippen molar-refractivity contribution in [3.8, 4) is 0 Å². The van der Waals surface area contributed by atoms with Gasteiger partial charge in [-0.15, -0.1) is 0 Å². The van der Waals surface area contributed by atoms with Gasteiger partial charge >= 0.3 is 6.03 Å². The number of halogens is 1. The lowest BCUT2D eigenvalue weighted by Gasteiger charge is -2.17. The van der Waals surface area contributed by atoms with Crippen LogP contribution < -0.4 is 10.6 Å². The molecule has 1 saturated carbocycles. The van der Waals surface area contributed by atoms with E-state index in [9.17, 15) is 9.59 Å². The molecular formula is C19H19ClN2O2. The van der Waals surface area contributed by atoms with Gasteiger partial charge in [0.05, 0.1) is 0 Å². The molecule has 4 nitrogen and oxygen atoms in total. The van der Waals surface area contributed by atoms with Crippen LogP contribution in [0.15, 0.2) is 48.5 Å². The lowest BCUT2D eigenvalue weighted by molar-refractivity contribution is 0.101. The molecule has 0 radical (unpaired) electrons. The maximum atomic E-state index is 12.1. The van der Waals surface area contributed by atoms with Crippen LogP contribution in [0.25, 0.3) is 0 Å². The van der Waals surface area contributed by atoms with E-state index >= 15 is 0 Å². The summed E-state index contributed by atoms with van der Waals surface area (Å²) in [6, 6.07) is 14.4. The summed E-state index contributed by atoms with van der Waals surface area (Å²) in [6.45, 7) is 2.10. The van der Waals surface area contributed by atoms with Gasteiger partial charge in [0.2, 0.25) is 0 Å². The van der Waals surface area contributed by atoms with Crippen molar-refractivity contribution < 1.29 is 9.59 Å². The van der Waals surface area contributed by atoms with Crippen LogP contribution in [-0.4, -0.2) is 18.4 Å². The largest absolute Gasteiger partial charge is 0.337 e. The predicted octanol–water partition coefficient (Wildman–Crippen LogP) is 4.40. The van der Waals surface area contributed by atoms with Gasteiger partial charge in [0.15, 0.2) is 5.78 Å². The fourth-order valence-corrected chi connectivity index (χ4v) is 2.86. The Labute approximate surface area is 146 Å². The number of carbonyl (C=O) groups is 2. The number of carbonyl (C=O) groups excluding carboxylic acids is 2. The van der Waals surface area contributed by atoms with Crippen molar-refractivity contribution in [3.05, 3.63) is 64.7 Å². The first-order valence-corrected chi connectivity index (χ1v) is 8.28. The van der Waals surface area contributed by atoms with E-state index in [1.807, 2.05) is 24.3 Å². The summed E-state index contributed by atoms with van der Waals surface area (Å²) in [5.41, 5.74) is 2.52. The van der Waals surface area contributed by atoms with Crippen LogP contribution >= 0.6 is 11.6 Å². The molecule has 0 heterocycles. The topological polar surface area (TPSA) is 58.2 Å². The lowest BCUT2D eigenvalue weighted by atomic mass is 9.96. The number of urea groups is 1. The highest BCUT2D eigenvalue weighted by molar-refractivity contribution is 6.30. The van der Waals surface area contributed by atoms with E-state index < -0.39 is 0 Å². The molecule has 2 amide bonds. The smallest absolute Gasteiger partial charge is 0.319 e. The van der Waals surface area contributed by atoms with Gasteiger partial charge in [0.25, 0.3) is 0 Å². The second-order valence-electron chi connectivity index (χ2n) is 6.23. The second kappa shape index (κ2) is 6.65. The molecule has 0 aromatic heterocycles. The number of amides is 2. The number of rotatable bonds is 5. The van der Waals surface area contributed by atoms with E-state index in [0.29, 0.717) is 22.8 Å². The predicted molar refractivity (Wildman–Crippen MR) is 95.8 cm³/mol. The van der Waals surface area contributed by atoms with Crippen LogP contribution in [0.1, 0.15) is 35.7 Å². The molecule has 24 heavy (non-hydrogen) atoms. The molecular weight excluding hydrogens is 324 g/mol. The first kappa shape index (κ1) is 16.5. The van der Waals surface area contributed by atoms with Gasteiger partial charge in [-0.05, 0) is 61.7 Å². The Kier molecular flexibility index (Phi) is 4.58. The van der Waals surface area contributed by atoms with Crippen molar-refractivity contribution >= 4 is 29.1 Å². The van der Waals surface area contributed by atoms with E-state index in [0.717, 1.165) is 12.8 Å². The van der Waals surface area contributed by atoms with E-state index in [2.05, 4.69) is 10.6 Å². The van der Waals surface area contributed by atoms with E-state index in [1.165, 1.54) is 12.5 Å². The molecule has 5 heteroatoms. The summed E-state index contributed by atoms with van der Waals surface area (Å²) in [5, 5.41) is 6.44. The van der Waals surface area contributed by atoms with Gasteiger partial charge in [0.1, 0.15) is 0 Å². The summed E-state index contributed by atoms with van der Waals surface area (Å²) in [6.07, 6.45) is 2.12. The zero-order chi connectivity index (χ0) is 17.2. The van der Waals surface area contributed by atoms with Gasteiger partial charge < -0.3 is 10.6 Å². The number of hydrogen-bond donors (Lipinski definition) is 2. The van der Waals surface area contributed by atoms with Crippen molar-refractivity contribution in [2.45, 2.75) is 25.2 Å². The summed E-state index contributed by atoms with van der Waals surface area (Å²) in [4.78, 5) is 23.3. The summed E-state index contributed by atoms with van der Waals surface area (Å²) < 4.78 is 0. The minimum absolute atomic E-state index is 0.00430. The van der Waals surface area contributed by atoms with Crippen LogP contribution in [0.3, 0.4) is 0 Å². The Morgan fingerprint density at radius 2 is 1.67 bits per heavy atom. The third-order valence-corrected chi connectivity index (χ3v) is 4.70. The zero-order valence-corrected chi connectivity index (χ0v) is 14.2. The molecule has 0 unspecified atom stereocenters. The Bertz CT molecular complexity index is 750.